The van der Waals surface area contributed by atoms with Crippen LogP contribution in [0.3, 0.4) is 0 Å². The molecule has 1 N–H and O–H groups in total. The summed E-state index contributed by atoms with van der Waals surface area (Å²) < 4.78 is 20.7. The molecule has 2 aromatic carbocycles. The average molecular weight is 384 g/mol. The van der Waals surface area contributed by atoms with Crippen LogP contribution in [0.1, 0.15) is 27.9 Å². The molecule has 0 spiro atoms. The lowest BCUT2D eigenvalue weighted by Crippen LogP contribution is -2.13. The molecular weight excluding hydrogens is 369 g/mol. The summed E-state index contributed by atoms with van der Waals surface area (Å²) in [4.78, 5) is 11.4. The Kier molecular flexibility index (Phi) is 5.24. The van der Waals surface area contributed by atoms with Crippen LogP contribution in [0, 0.1) is 31.0 Å². The fraction of sp³-hybridized carbons (Fsp3) is 0.150. The minimum absolute atomic E-state index is 0.0554. The Balaban J connectivity index is 1.96. The molecule has 0 radical (unpaired) electrons. The number of ether oxygens (including phenoxy) is 1. The van der Waals surface area contributed by atoms with Gasteiger partial charge in [-0.05, 0) is 49.2 Å². The van der Waals surface area contributed by atoms with E-state index in [0.29, 0.717) is 33.0 Å². The molecule has 3 aromatic rings. The standard InChI is InChI=1S/C20H15ClFN3O2/c1-11-3-4-14(8-16-5-12(2)20(26)25-24-16)18(22)19(11)27-17-7-13(10-23)6-15(21)9-17/h3-7,9H,8H2,1-2H3,(H,25,26). The zero-order valence-electron chi connectivity index (χ0n) is 14.6. The van der Waals surface area contributed by atoms with E-state index in [1.807, 2.05) is 6.07 Å². The first-order valence-electron chi connectivity index (χ1n) is 8.09. The SMILES string of the molecule is Cc1ccc(Cc2cc(C)c(=O)[nH]n2)c(F)c1Oc1cc(Cl)cc(C#N)c1. The summed E-state index contributed by atoms with van der Waals surface area (Å²) in [7, 11) is 0. The van der Waals surface area contributed by atoms with Crippen LogP contribution >= 0.6 is 11.6 Å². The molecule has 5 nitrogen and oxygen atoms in total. The molecule has 0 unspecified atom stereocenters. The summed E-state index contributed by atoms with van der Waals surface area (Å²) in [5.74, 6) is -0.199. The summed E-state index contributed by atoms with van der Waals surface area (Å²) in [5.41, 5.74) is 2.06. The number of hydrogen-bond donors (Lipinski definition) is 1. The van der Waals surface area contributed by atoms with E-state index in [4.69, 9.17) is 21.6 Å². The van der Waals surface area contributed by atoms with Crippen LogP contribution in [-0.2, 0) is 6.42 Å². The van der Waals surface area contributed by atoms with Gasteiger partial charge in [-0.3, -0.25) is 4.79 Å². The summed E-state index contributed by atoms with van der Waals surface area (Å²) in [6.45, 7) is 3.39. The van der Waals surface area contributed by atoms with Gasteiger partial charge >= 0.3 is 0 Å². The van der Waals surface area contributed by atoms with Crippen molar-refractivity contribution in [1.29, 1.82) is 5.26 Å². The monoisotopic (exact) mass is 383 g/mol. The number of aryl methyl sites for hydroxylation is 2. The Labute approximate surface area is 160 Å². The lowest BCUT2D eigenvalue weighted by atomic mass is 10.0. The molecule has 0 aliphatic carbocycles. The number of H-pyrrole nitrogens is 1. The van der Waals surface area contributed by atoms with Crippen LogP contribution in [-0.4, -0.2) is 10.2 Å². The van der Waals surface area contributed by atoms with Gasteiger partial charge in [0.2, 0.25) is 0 Å². The van der Waals surface area contributed by atoms with Gasteiger partial charge in [0.05, 0.1) is 17.3 Å². The Morgan fingerprint density at radius 2 is 2.00 bits per heavy atom. The van der Waals surface area contributed by atoms with Gasteiger partial charge in [0, 0.05) is 17.0 Å². The average Bonchev–Trinajstić information content (AvgIpc) is 2.63. The molecule has 0 fully saturated rings. The van der Waals surface area contributed by atoms with Crippen molar-refractivity contribution in [3.8, 4) is 17.6 Å². The van der Waals surface area contributed by atoms with Crippen LogP contribution < -0.4 is 10.3 Å². The molecule has 0 aliphatic heterocycles. The van der Waals surface area contributed by atoms with Crippen LogP contribution in [0.15, 0.2) is 41.2 Å². The summed E-state index contributed by atoms with van der Waals surface area (Å²) in [6, 6.07) is 11.5. The molecule has 0 amide bonds. The quantitative estimate of drug-likeness (QED) is 0.722. The van der Waals surface area contributed by atoms with Crippen LogP contribution in [0.2, 0.25) is 5.02 Å². The molecule has 27 heavy (non-hydrogen) atoms. The first kappa shape index (κ1) is 18.6. The molecule has 0 bridgehead atoms. The molecular formula is C20H15ClFN3O2. The number of hydrogen-bond acceptors (Lipinski definition) is 4. The van der Waals surface area contributed by atoms with Crippen LogP contribution in [0.4, 0.5) is 4.39 Å². The second kappa shape index (κ2) is 7.60. The van der Waals surface area contributed by atoms with E-state index in [9.17, 15) is 4.79 Å². The number of rotatable bonds is 4. The van der Waals surface area contributed by atoms with Gasteiger partial charge in [0.15, 0.2) is 11.6 Å². The van der Waals surface area contributed by atoms with Crippen molar-refractivity contribution in [1.82, 2.24) is 10.2 Å². The fourth-order valence-corrected chi connectivity index (χ4v) is 2.83. The van der Waals surface area contributed by atoms with E-state index in [2.05, 4.69) is 10.2 Å². The molecule has 3 rings (SSSR count). The van der Waals surface area contributed by atoms with E-state index < -0.39 is 5.82 Å². The molecule has 1 aromatic heterocycles. The third-order valence-corrected chi connectivity index (χ3v) is 4.23. The smallest absolute Gasteiger partial charge is 0.267 e. The van der Waals surface area contributed by atoms with E-state index >= 15 is 4.39 Å². The van der Waals surface area contributed by atoms with E-state index in [1.165, 1.54) is 18.2 Å². The summed E-state index contributed by atoms with van der Waals surface area (Å²) in [6.07, 6.45) is 0.194. The fourth-order valence-electron chi connectivity index (χ4n) is 2.60. The highest BCUT2D eigenvalue weighted by molar-refractivity contribution is 6.30. The highest BCUT2D eigenvalue weighted by Crippen LogP contribution is 2.32. The van der Waals surface area contributed by atoms with Gasteiger partial charge in [-0.25, -0.2) is 9.49 Å². The van der Waals surface area contributed by atoms with Crippen molar-refractivity contribution in [3.63, 3.8) is 0 Å². The second-order valence-electron chi connectivity index (χ2n) is 6.12. The van der Waals surface area contributed by atoms with Gasteiger partial charge in [-0.15, -0.1) is 0 Å². The highest BCUT2D eigenvalue weighted by Gasteiger charge is 2.15. The van der Waals surface area contributed by atoms with Gasteiger partial charge in [0.25, 0.3) is 5.56 Å². The second-order valence-corrected chi connectivity index (χ2v) is 6.56. The van der Waals surface area contributed by atoms with Crippen molar-refractivity contribution in [2.45, 2.75) is 20.3 Å². The topological polar surface area (TPSA) is 78.8 Å². The van der Waals surface area contributed by atoms with Crippen LogP contribution in [0.5, 0.6) is 11.5 Å². The Hall–Kier alpha value is -3.17. The van der Waals surface area contributed by atoms with Gasteiger partial charge < -0.3 is 4.74 Å². The third-order valence-electron chi connectivity index (χ3n) is 4.01. The maximum Gasteiger partial charge on any atom is 0.267 e. The number of benzene rings is 2. The zero-order chi connectivity index (χ0) is 19.6. The van der Waals surface area contributed by atoms with Crippen LogP contribution in [0.25, 0.3) is 0 Å². The lowest BCUT2D eigenvalue weighted by molar-refractivity contribution is 0.435. The van der Waals surface area contributed by atoms with E-state index in [1.54, 1.807) is 32.0 Å². The van der Waals surface area contributed by atoms with Gasteiger partial charge in [-0.1, -0.05) is 23.7 Å². The summed E-state index contributed by atoms with van der Waals surface area (Å²) in [5, 5.41) is 15.7. The van der Waals surface area contributed by atoms with Crippen molar-refractivity contribution >= 4 is 11.6 Å². The van der Waals surface area contributed by atoms with Crippen molar-refractivity contribution in [2.75, 3.05) is 0 Å². The number of nitrogens with one attached hydrogen (secondary N) is 1. The third kappa shape index (κ3) is 4.15. The Bertz CT molecular complexity index is 1120. The number of halogens is 2. The maximum absolute atomic E-state index is 15.0. The molecule has 1 heterocycles. The number of aromatic nitrogens is 2. The maximum atomic E-state index is 15.0. The molecule has 0 saturated carbocycles. The Morgan fingerprint density at radius 3 is 2.70 bits per heavy atom. The summed E-state index contributed by atoms with van der Waals surface area (Å²) >= 11 is 5.98. The molecule has 136 valence electrons. The molecule has 0 atom stereocenters. The first-order valence-corrected chi connectivity index (χ1v) is 8.47. The number of nitrogens with zero attached hydrogens (tertiary/aromatic N) is 2. The minimum atomic E-state index is -0.529. The van der Waals surface area contributed by atoms with Crippen molar-refractivity contribution < 1.29 is 9.13 Å². The largest absolute Gasteiger partial charge is 0.454 e. The van der Waals surface area contributed by atoms with Crippen molar-refractivity contribution in [3.05, 3.63) is 85.5 Å². The molecule has 0 saturated heterocycles. The van der Waals surface area contributed by atoms with Gasteiger partial charge in [0.1, 0.15) is 5.75 Å². The zero-order valence-corrected chi connectivity index (χ0v) is 15.4. The molecule has 7 heteroatoms. The normalized spacial score (nSPS) is 10.5. The van der Waals surface area contributed by atoms with E-state index in [0.717, 1.165) is 0 Å². The highest BCUT2D eigenvalue weighted by atomic mass is 35.5. The number of aromatic amines is 1. The minimum Gasteiger partial charge on any atom is -0.454 e. The predicted molar refractivity (Wildman–Crippen MR) is 99.8 cm³/mol. The van der Waals surface area contributed by atoms with E-state index in [-0.39, 0.29) is 23.5 Å². The first-order chi connectivity index (χ1) is 12.9. The lowest BCUT2D eigenvalue weighted by Gasteiger charge is -2.13. The Morgan fingerprint density at radius 1 is 1.22 bits per heavy atom. The number of nitriles is 1. The molecule has 0 aliphatic rings. The van der Waals surface area contributed by atoms with Gasteiger partial charge in [-0.2, -0.15) is 10.4 Å². The van der Waals surface area contributed by atoms with Crippen molar-refractivity contribution in [2.24, 2.45) is 0 Å². The predicted octanol–water partition coefficient (Wildman–Crippen LogP) is 4.43.